The largest absolute Gasteiger partial charge is 0.352 e. The number of carbonyl (C=O) groups excluding carboxylic acids is 2. The number of fused-ring (bicyclic) bond motifs is 1. The number of amides is 2. The molecule has 4 rings (SSSR count). The molecule has 0 radical (unpaired) electrons. The lowest BCUT2D eigenvalue weighted by Gasteiger charge is -2.44. The normalized spacial score (nSPS) is 19.5. The second-order valence-electron chi connectivity index (χ2n) is 9.03. The Kier molecular flexibility index (Phi) is 6.35. The summed E-state index contributed by atoms with van der Waals surface area (Å²) in [4.78, 5) is 41.1. The molecule has 3 aromatic heterocycles. The SMILES string of the molecule is CCC(C)C(=O)Nc1cnc2[nH]cc(-c3cccc(N4C[C@@H](C)N(C(C)=O)[C@@H](C)C4)n3)c2c1. The first kappa shape index (κ1) is 22.8. The van der Waals surface area contributed by atoms with Gasteiger partial charge in [-0.1, -0.05) is 19.9 Å². The highest BCUT2D eigenvalue weighted by Crippen LogP contribution is 2.30. The van der Waals surface area contributed by atoms with E-state index in [1.165, 1.54) is 0 Å². The van der Waals surface area contributed by atoms with Crippen molar-refractivity contribution >= 4 is 34.4 Å². The van der Waals surface area contributed by atoms with E-state index in [9.17, 15) is 9.59 Å². The van der Waals surface area contributed by atoms with Crippen molar-refractivity contribution in [3.63, 3.8) is 0 Å². The number of hydrogen-bond acceptors (Lipinski definition) is 5. The van der Waals surface area contributed by atoms with Gasteiger partial charge in [0.15, 0.2) is 0 Å². The van der Waals surface area contributed by atoms with Gasteiger partial charge in [-0.2, -0.15) is 0 Å². The molecule has 3 atom stereocenters. The second kappa shape index (κ2) is 9.21. The van der Waals surface area contributed by atoms with Crippen molar-refractivity contribution in [1.29, 1.82) is 0 Å². The minimum absolute atomic E-state index is 0.0104. The highest BCUT2D eigenvalue weighted by atomic mass is 16.2. The molecule has 0 spiro atoms. The van der Waals surface area contributed by atoms with Gasteiger partial charge in [0, 0.05) is 55.2 Å². The van der Waals surface area contributed by atoms with Gasteiger partial charge >= 0.3 is 0 Å². The first-order valence-electron chi connectivity index (χ1n) is 11.6. The highest BCUT2D eigenvalue weighted by molar-refractivity contribution is 5.98. The molecule has 2 N–H and O–H groups in total. The summed E-state index contributed by atoms with van der Waals surface area (Å²) in [6, 6.07) is 8.17. The number of aromatic nitrogens is 3. The van der Waals surface area contributed by atoms with Gasteiger partial charge in [0.05, 0.1) is 17.6 Å². The average molecular weight is 449 g/mol. The third-order valence-electron chi connectivity index (χ3n) is 6.48. The van der Waals surface area contributed by atoms with E-state index in [1.54, 1.807) is 13.1 Å². The van der Waals surface area contributed by atoms with Crippen LogP contribution in [-0.4, -0.2) is 56.8 Å². The van der Waals surface area contributed by atoms with Gasteiger partial charge < -0.3 is 20.1 Å². The molecule has 1 unspecified atom stereocenters. The lowest BCUT2D eigenvalue weighted by molar-refractivity contribution is -0.133. The molecule has 2 amide bonds. The van der Waals surface area contributed by atoms with Crippen LogP contribution < -0.4 is 10.2 Å². The number of carbonyl (C=O) groups is 2. The number of rotatable bonds is 5. The summed E-state index contributed by atoms with van der Waals surface area (Å²) < 4.78 is 0. The summed E-state index contributed by atoms with van der Waals surface area (Å²) in [5, 5.41) is 3.87. The molecule has 174 valence electrons. The topological polar surface area (TPSA) is 94.2 Å². The third kappa shape index (κ3) is 4.55. The highest BCUT2D eigenvalue weighted by Gasteiger charge is 2.31. The van der Waals surface area contributed by atoms with E-state index in [2.05, 4.69) is 34.0 Å². The van der Waals surface area contributed by atoms with Crippen LogP contribution in [0.5, 0.6) is 0 Å². The smallest absolute Gasteiger partial charge is 0.227 e. The number of hydrogen-bond donors (Lipinski definition) is 2. The van der Waals surface area contributed by atoms with Crippen molar-refractivity contribution < 1.29 is 9.59 Å². The van der Waals surface area contributed by atoms with Crippen LogP contribution in [0.15, 0.2) is 36.7 Å². The number of nitrogens with zero attached hydrogens (tertiary/aromatic N) is 4. The maximum atomic E-state index is 12.3. The first-order chi connectivity index (χ1) is 15.8. The van der Waals surface area contributed by atoms with Gasteiger partial charge in [0.1, 0.15) is 11.5 Å². The molecule has 33 heavy (non-hydrogen) atoms. The lowest BCUT2D eigenvalue weighted by Crippen LogP contribution is -2.58. The minimum Gasteiger partial charge on any atom is -0.352 e. The van der Waals surface area contributed by atoms with Crippen molar-refractivity contribution in [2.24, 2.45) is 5.92 Å². The van der Waals surface area contributed by atoms with E-state index in [-0.39, 0.29) is 29.8 Å². The maximum Gasteiger partial charge on any atom is 0.227 e. The summed E-state index contributed by atoms with van der Waals surface area (Å²) in [6.45, 7) is 11.2. The molecule has 1 aliphatic rings. The molecular formula is C25H32N6O2. The summed E-state index contributed by atoms with van der Waals surface area (Å²) in [5.74, 6) is 0.929. The molecule has 8 heteroatoms. The van der Waals surface area contributed by atoms with Gasteiger partial charge in [0.2, 0.25) is 11.8 Å². The molecule has 0 bridgehead atoms. The summed E-state index contributed by atoms with van der Waals surface area (Å²) >= 11 is 0. The molecule has 1 fully saturated rings. The Morgan fingerprint density at radius 3 is 2.64 bits per heavy atom. The molecule has 0 aromatic carbocycles. The van der Waals surface area contributed by atoms with Crippen LogP contribution in [0.25, 0.3) is 22.3 Å². The van der Waals surface area contributed by atoms with Crippen LogP contribution in [-0.2, 0) is 9.59 Å². The van der Waals surface area contributed by atoms with Crippen molar-refractivity contribution in [2.75, 3.05) is 23.3 Å². The third-order valence-corrected chi connectivity index (χ3v) is 6.48. The zero-order valence-electron chi connectivity index (χ0n) is 19.9. The molecule has 1 aliphatic heterocycles. The maximum absolute atomic E-state index is 12.3. The lowest BCUT2D eigenvalue weighted by atomic mass is 10.1. The number of pyridine rings is 2. The summed E-state index contributed by atoms with van der Waals surface area (Å²) in [6.07, 6.45) is 4.36. The fourth-order valence-electron chi connectivity index (χ4n) is 4.61. The van der Waals surface area contributed by atoms with Crippen LogP contribution in [0.2, 0.25) is 0 Å². The van der Waals surface area contributed by atoms with Gasteiger partial charge in [-0.05, 0) is 38.5 Å². The van der Waals surface area contributed by atoms with E-state index in [4.69, 9.17) is 4.98 Å². The first-order valence-corrected chi connectivity index (χ1v) is 11.6. The fraction of sp³-hybridized carbons (Fsp3) is 0.440. The predicted molar refractivity (Wildman–Crippen MR) is 131 cm³/mol. The van der Waals surface area contributed by atoms with Gasteiger partial charge in [-0.3, -0.25) is 9.59 Å². The number of aromatic amines is 1. The minimum atomic E-state index is -0.0574. The summed E-state index contributed by atoms with van der Waals surface area (Å²) in [5.41, 5.74) is 3.19. The Balaban J connectivity index is 1.62. The molecule has 8 nitrogen and oxygen atoms in total. The Hall–Kier alpha value is -3.42. The predicted octanol–water partition coefficient (Wildman–Crippen LogP) is 4.06. The Bertz CT molecular complexity index is 1160. The molecule has 0 aliphatic carbocycles. The van der Waals surface area contributed by atoms with Gasteiger partial charge in [0.25, 0.3) is 0 Å². The molecule has 4 heterocycles. The molecule has 1 saturated heterocycles. The van der Waals surface area contributed by atoms with E-state index in [1.807, 2.05) is 49.2 Å². The van der Waals surface area contributed by atoms with E-state index < -0.39 is 0 Å². The van der Waals surface area contributed by atoms with Crippen LogP contribution in [0.3, 0.4) is 0 Å². The molecular weight excluding hydrogens is 416 g/mol. The molecule has 3 aromatic rings. The molecule has 0 saturated carbocycles. The second-order valence-corrected chi connectivity index (χ2v) is 9.03. The quantitative estimate of drug-likeness (QED) is 0.614. The van der Waals surface area contributed by atoms with E-state index in [0.717, 1.165) is 47.6 Å². The number of piperazine rings is 1. The number of H-pyrrole nitrogens is 1. The van der Waals surface area contributed by atoms with Crippen LogP contribution in [0.4, 0.5) is 11.5 Å². The van der Waals surface area contributed by atoms with Gasteiger partial charge in [-0.15, -0.1) is 0 Å². The summed E-state index contributed by atoms with van der Waals surface area (Å²) in [7, 11) is 0. The van der Waals surface area contributed by atoms with Crippen molar-refractivity contribution in [3.8, 4) is 11.3 Å². The zero-order valence-corrected chi connectivity index (χ0v) is 19.9. The van der Waals surface area contributed by atoms with Crippen molar-refractivity contribution in [1.82, 2.24) is 19.9 Å². The number of nitrogens with one attached hydrogen (secondary N) is 2. The van der Waals surface area contributed by atoms with E-state index in [0.29, 0.717) is 5.69 Å². The standard InChI is InChI=1S/C25H32N6O2/c1-6-15(2)25(33)28-19-10-20-21(12-27-24(20)26-11-19)22-8-7-9-23(29-22)30-13-16(3)31(18(5)32)17(4)14-30/h7-12,15-17H,6,13-14H2,1-5H3,(H,26,27)(H,28,33)/t15?,16-,17+. The Morgan fingerprint density at radius 1 is 1.24 bits per heavy atom. The van der Waals surface area contributed by atoms with Crippen molar-refractivity contribution in [3.05, 3.63) is 36.7 Å². The van der Waals surface area contributed by atoms with Crippen molar-refractivity contribution in [2.45, 2.75) is 53.1 Å². The fourth-order valence-corrected chi connectivity index (χ4v) is 4.61. The Morgan fingerprint density at radius 2 is 1.97 bits per heavy atom. The van der Waals surface area contributed by atoms with E-state index >= 15 is 0 Å². The van der Waals surface area contributed by atoms with Crippen LogP contribution in [0, 0.1) is 5.92 Å². The van der Waals surface area contributed by atoms with Crippen LogP contribution >= 0.6 is 0 Å². The van der Waals surface area contributed by atoms with Gasteiger partial charge in [-0.25, -0.2) is 9.97 Å². The average Bonchev–Trinajstić information content (AvgIpc) is 3.21. The Labute approximate surface area is 194 Å². The monoisotopic (exact) mass is 448 g/mol. The number of anilines is 2. The zero-order chi connectivity index (χ0) is 23.7. The van der Waals surface area contributed by atoms with Crippen LogP contribution in [0.1, 0.15) is 41.0 Å².